The van der Waals surface area contributed by atoms with Crippen LogP contribution in [0.5, 0.6) is 0 Å². The van der Waals surface area contributed by atoms with Gasteiger partial charge < -0.3 is 14.9 Å². The lowest BCUT2D eigenvalue weighted by Gasteiger charge is -2.41. The van der Waals surface area contributed by atoms with E-state index in [-0.39, 0.29) is 29.0 Å². The average Bonchev–Trinajstić information content (AvgIpc) is 2.86. The lowest BCUT2D eigenvalue weighted by Crippen LogP contribution is -2.44. The zero-order valence-electron chi connectivity index (χ0n) is 15.4. The van der Waals surface area contributed by atoms with Crippen LogP contribution in [0.1, 0.15) is 73.1 Å². The van der Waals surface area contributed by atoms with Gasteiger partial charge in [0.15, 0.2) is 0 Å². The van der Waals surface area contributed by atoms with Gasteiger partial charge in [-0.25, -0.2) is 0 Å². The fraction of sp³-hybridized carbons (Fsp3) is 0.900. The van der Waals surface area contributed by atoms with E-state index in [2.05, 4.69) is 26.8 Å². The van der Waals surface area contributed by atoms with Crippen molar-refractivity contribution in [1.82, 2.24) is 0 Å². The zero-order valence-corrected chi connectivity index (χ0v) is 15.4. The van der Waals surface area contributed by atoms with Crippen LogP contribution < -0.4 is 0 Å². The molecule has 0 aromatic heterocycles. The van der Waals surface area contributed by atoms with Crippen LogP contribution in [0.15, 0.2) is 11.6 Å². The summed E-state index contributed by atoms with van der Waals surface area (Å²) < 4.78 is 6.07. The second-order valence-corrected chi connectivity index (χ2v) is 9.46. The van der Waals surface area contributed by atoms with Crippen molar-refractivity contribution in [2.24, 2.45) is 17.3 Å². The molecule has 0 spiro atoms. The van der Waals surface area contributed by atoms with E-state index in [0.717, 1.165) is 38.5 Å². The summed E-state index contributed by atoms with van der Waals surface area (Å²) in [5.74, 6) is 0.290. The normalized spacial score (nSPS) is 50.3. The van der Waals surface area contributed by atoms with E-state index in [1.807, 2.05) is 13.8 Å². The first-order valence-electron chi connectivity index (χ1n) is 9.29. The van der Waals surface area contributed by atoms with Gasteiger partial charge >= 0.3 is 0 Å². The summed E-state index contributed by atoms with van der Waals surface area (Å²) in [7, 11) is 0. The summed E-state index contributed by atoms with van der Waals surface area (Å²) in [6.45, 7) is 10.5. The minimum Gasteiger partial charge on any atom is -0.392 e. The molecule has 132 valence electrons. The number of allylic oxidation sites excluding steroid dienone is 1. The smallest absolute Gasteiger partial charge is 0.0923 e. The highest BCUT2D eigenvalue weighted by Crippen LogP contribution is 2.58. The second-order valence-electron chi connectivity index (χ2n) is 9.46. The Bertz CT molecular complexity index is 492. The van der Waals surface area contributed by atoms with E-state index in [1.165, 1.54) is 5.57 Å². The molecule has 0 radical (unpaired) electrons. The van der Waals surface area contributed by atoms with Gasteiger partial charge in [-0.1, -0.05) is 18.6 Å². The predicted octanol–water partition coefficient (Wildman–Crippen LogP) is 3.83. The molecule has 1 saturated heterocycles. The van der Waals surface area contributed by atoms with Crippen molar-refractivity contribution in [2.75, 3.05) is 0 Å². The van der Waals surface area contributed by atoms with Crippen LogP contribution in [0, 0.1) is 17.3 Å². The van der Waals surface area contributed by atoms with E-state index in [4.69, 9.17) is 4.74 Å². The highest BCUT2D eigenvalue weighted by molar-refractivity contribution is 5.12. The monoisotopic (exact) mass is 322 g/mol. The molecule has 1 saturated carbocycles. The molecule has 0 unspecified atom stereocenters. The van der Waals surface area contributed by atoms with Crippen molar-refractivity contribution < 1.29 is 14.9 Å². The van der Waals surface area contributed by atoms with E-state index in [9.17, 15) is 10.2 Å². The lowest BCUT2D eigenvalue weighted by atomic mass is 9.66. The van der Waals surface area contributed by atoms with Crippen LogP contribution >= 0.6 is 0 Å². The van der Waals surface area contributed by atoms with Gasteiger partial charge in [0, 0.05) is 0 Å². The van der Waals surface area contributed by atoms with Crippen molar-refractivity contribution >= 4 is 0 Å². The quantitative estimate of drug-likeness (QED) is 0.570. The van der Waals surface area contributed by atoms with Gasteiger partial charge in [0.25, 0.3) is 0 Å². The topological polar surface area (TPSA) is 53.0 Å². The third-order valence-corrected chi connectivity index (χ3v) is 6.94. The van der Waals surface area contributed by atoms with Crippen LogP contribution in [0.2, 0.25) is 0 Å². The lowest BCUT2D eigenvalue weighted by molar-refractivity contribution is -0.0618. The first kappa shape index (κ1) is 17.4. The van der Waals surface area contributed by atoms with Gasteiger partial charge in [0.2, 0.25) is 0 Å². The SMILES string of the molecule is C/C1=C\CC[C@]2(C)O[C@H]2C[C@@]2(C)CC[C@@H](C(C)(C)O)[C@@H]2[C@H](O)C1. The van der Waals surface area contributed by atoms with Gasteiger partial charge in [0.1, 0.15) is 0 Å². The largest absolute Gasteiger partial charge is 0.392 e. The van der Waals surface area contributed by atoms with Crippen molar-refractivity contribution in [1.29, 1.82) is 0 Å². The molecule has 1 aliphatic heterocycles. The van der Waals surface area contributed by atoms with E-state index in [0.29, 0.717) is 6.10 Å². The first-order chi connectivity index (χ1) is 10.6. The minimum atomic E-state index is -0.741. The van der Waals surface area contributed by atoms with Crippen molar-refractivity contribution in [3.63, 3.8) is 0 Å². The number of hydrogen-bond donors (Lipinski definition) is 2. The number of rotatable bonds is 1. The third kappa shape index (κ3) is 3.25. The van der Waals surface area contributed by atoms with Crippen LogP contribution in [-0.2, 0) is 4.74 Å². The maximum atomic E-state index is 11.0. The molecule has 6 atom stereocenters. The fourth-order valence-electron chi connectivity index (χ4n) is 5.42. The molecule has 2 fully saturated rings. The average molecular weight is 322 g/mol. The van der Waals surface area contributed by atoms with Gasteiger partial charge in [-0.2, -0.15) is 0 Å². The Balaban J connectivity index is 1.93. The number of hydrogen-bond acceptors (Lipinski definition) is 3. The molecular formula is C20H34O3. The minimum absolute atomic E-state index is 0.0203. The van der Waals surface area contributed by atoms with Crippen molar-refractivity contribution in [3.05, 3.63) is 11.6 Å². The van der Waals surface area contributed by atoms with Gasteiger partial charge in [0.05, 0.1) is 23.4 Å². The van der Waals surface area contributed by atoms with Crippen molar-refractivity contribution in [3.8, 4) is 0 Å². The molecule has 3 heteroatoms. The molecule has 1 heterocycles. The van der Waals surface area contributed by atoms with Crippen LogP contribution in [0.3, 0.4) is 0 Å². The Morgan fingerprint density at radius 2 is 1.96 bits per heavy atom. The zero-order chi connectivity index (χ0) is 17.0. The van der Waals surface area contributed by atoms with E-state index >= 15 is 0 Å². The summed E-state index contributed by atoms with van der Waals surface area (Å²) in [5.41, 5.74) is 0.599. The molecule has 0 bridgehead atoms. The summed E-state index contributed by atoms with van der Waals surface area (Å²) in [6.07, 6.45) is 8.11. The fourth-order valence-corrected chi connectivity index (χ4v) is 5.42. The molecule has 2 N–H and O–H groups in total. The molecular weight excluding hydrogens is 288 g/mol. The van der Waals surface area contributed by atoms with Crippen LogP contribution in [-0.4, -0.2) is 33.6 Å². The number of ether oxygens (including phenoxy) is 1. The van der Waals surface area contributed by atoms with Crippen LogP contribution in [0.4, 0.5) is 0 Å². The summed E-state index contributed by atoms with van der Waals surface area (Å²) in [4.78, 5) is 0. The second kappa shape index (κ2) is 5.57. The molecule has 0 aromatic carbocycles. The van der Waals surface area contributed by atoms with Gasteiger partial charge in [-0.3, -0.25) is 0 Å². The van der Waals surface area contributed by atoms with Crippen molar-refractivity contribution in [2.45, 2.75) is 96.6 Å². The Morgan fingerprint density at radius 1 is 1.26 bits per heavy atom. The summed E-state index contributed by atoms with van der Waals surface area (Å²) >= 11 is 0. The molecule has 3 rings (SSSR count). The predicted molar refractivity (Wildman–Crippen MR) is 92.1 cm³/mol. The number of fused-ring (bicyclic) bond motifs is 2. The number of aliphatic hydroxyl groups is 2. The molecule has 3 nitrogen and oxygen atoms in total. The number of aliphatic hydroxyl groups excluding tert-OH is 1. The number of epoxide rings is 1. The summed E-state index contributed by atoms with van der Waals surface area (Å²) in [5, 5.41) is 21.7. The highest BCUT2D eigenvalue weighted by atomic mass is 16.6. The Kier molecular flexibility index (Phi) is 4.23. The molecule has 0 aromatic rings. The molecule has 2 aliphatic carbocycles. The molecule has 23 heavy (non-hydrogen) atoms. The maximum Gasteiger partial charge on any atom is 0.0923 e. The van der Waals surface area contributed by atoms with Crippen LogP contribution in [0.25, 0.3) is 0 Å². The Morgan fingerprint density at radius 3 is 2.61 bits per heavy atom. The van der Waals surface area contributed by atoms with Gasteiger partial charge in [-0.15, -0.1) is 0 Å². The van der Waals surface area contributed by atoms with Gasteiger partial charge in [-0.05, 0) is 83.5 Å². The molecule has 0 amide bonds. The van der Waals surface area contributed by atoms with E-state index in [1.54, 1.807) is 0 Å². The Hall–Kier alpha value is -0.380. The maximum absolute atomic E-state index is 11.0. The standard InChI is InChI=1S/C20H34O3/c1-13-7-6-9-20(5)16(23-20)12-19(4)10-8-14(18(2,3)22)17(19)15(21)11-13/h7,14-17,21-22H,6,8-12H2,1-5H3/b13-7+/t14-,15-,16+,17-,19-,20+/m1/s1. The third-order valence-electron chi connectivity index (χ3n) is 6.94. The summed E-state index contributed by atoms with van der Waals surface area (Å²) in [6, 6.07) is 0. The Labute approximate surface area is 141 Å². The first-order valence-corrected chi connectivity index (χ1v) is 9.29. The molecule has 3 aliphatic rings. The highest BCUT2D eigenvalue weighted by Gasteiger charge is 2.59. The van der Waals surface area contributed by atoms with E-state index < -0.39 is 5.60 Å².